The number of ether oxygens (including phenoxy) is 1. The van der Waals surface area contributed by atoms with Gasteiger partial charge in [-0.15, -0.1) is 12.4 Å². The summed E-state index contributed by atoms with van der Waals surface area (Å²) in [4.78, 5) is 0. The van der Waals surface area contributed by atoms with Gasteiger partial charge in [-0.3, -0.25) is 0 Å². The molecule has 14 heavy (non-hydrogen) atoms. The van der Waals surface area contributed by atoms with Crippen LogP contribution in [-0.4, -0.2) is 6.61 Å². The highest BCUT2D eigenvalue weighted by molar-refractivity contribution is 9.10. The van der Waals surface area contributed by atoms with E-state index in [1.807, 2.05) is 32.0 Å². The summed E-state index contributed by atoms with van der Waals surface area (Å²) in [5.74, 6) is 0.861. The second kappa shape index (κ2) is 6.27. The maximum Gasteiger partial charge on any atom is 0.138 e. The van der Waals surface area contributed by atoms with E-state index in [9.17, 15) is 0 Å². The highest BCUT2D eigenvalue weighted by atomic mass is 79.9. The quantitative estimate of drug-likeness (QED) is 0.922. The van der Waals surface area contributed by atoms with Gasteiger partial charge in [-0.2, -0.15) is 0 Å². The fourth-order valence-electron chi connectivity index (χ4n) is 1.18. The van der Waals surface area contributed by atoms with Crippen LogP contribution < -0.4 is 10.5 Å². The minimum Gasteiger partial charge on any atom is -0.492 e. The van der Waals surface area contributed by atoms with Crippen molar-refractivity contribution in [2.45, 2.75) is 19.9 Å². The average Bonchev–Trinajstić information content (AvgIpc) is 2.08. The van der Waals surface area contributed by atoms with Crippen LogP contribution in [0.1, 0.15) is 25.5 Å². The Labute approximate surface area is 99.4 Å². The van der Waals surface area contributed by atoms with E-state index < -0.39 is 0 Å². The smallest absolute Gasteiger partial charge is 0.138 e. The largest absolute Gasteiger partial charge is 0.492 e. The molecule has 0 spiro atoms. The number of benzene rings is 1. The van der Waals surface area contributed by atoms with Crippen molar-refractivity contribution in [3.8, 4) is 5.75 Å². The Morgan fingerprint density at radius 1 is 1.50 bits per heavy atom. The molecule has 1 unspecified atom stereocenters. The van der Waals surface area contributed by atoms with Crippen LogP contribution in [0, 0.1) is 0 Å². The topological polar surface area (TPSA) is 35.2 Å². The van der Waals surface area contributed by atoms with Gasteiger partial charge in [0, 0.05) is 11.6 Å². The molecular formula is C10H15BrClNO. The van der Waals surface area contributed by atoms with Gasteiger partial charge >= 0.3 is 0 Å². The van der Waals surface area contributed by atoms with Gasteiger partial charge in [-0.05, 0) is 35.8 Å². The first-order chi connectivity index (χ1) is 6.16. The van der Waals surface area contributed by atoms with Gasteiger partial charge in [0.25, 0.3) is 0 Å². The first kappa shape index (κ1) is 13.8. The Kier molecular flexibility index (Phi) is 6.16. The molecule has 4 heteroatoms. The fraction of sp³-hybridized carbons (Fsp3) is 0.400. The number of nitrogens with two attached hydrogens (primary N) is 1. The molecule has 80 valence electrons. The van der Waals surface area contributed by atoms with Crippen molar-refractivity contribution in [1.29, 1.82) is 0 Å². The van der Waals surface area contributed by atoms with Crippen molar-refractivity contribution in [2.24, 2.45) is 5.73 Å². The van der Waals surface area contributed by atoms with E-state index in [2.05, 4.69) is 15.9 Å². The van der Waals surface area contributed by atoms with Gasteiger partial charge in [0.05, 0.1) is 11.1 Å². The first-order valence-electron chi connectivity index (χ1n) is 4.33. The first-order valence-corrected chi connectivity index (χ1v) is 5.13. The van der Waals surface area contributed by atoms with Crippen LogP contribution in [0.15, 0.2) is 22.7 Å². The van der Waals surface area contributed by atoms with Crippen molar-refractivity contribution in [2.75, 3.05) is 6.61 Å². The summed E-state index contributed by atoms with van der Waals surface area (Å²) in [5.41, 5.74) is 6.85. The van der Waals surface area contributed by atoms with E-state index >= 15 is 0 Å². The van der Waals surface area contributed by atoms with Gasteiger partial charge in [0.2, 0.25) is 0 Å². The molecule has 0 aliphatic heterocycles. The summed E-state index contributed by atoms with van der Waals surface area (Å²) in [5, 5.41) is 0. The molecule has 0 bridgehead atoms. The Morgan fingerprint density at radius 3 is 2.64 bits per heavy atom. The van der Waals surface area contributed by atoms with Crippen molar-refractivity contribution in [3.63, 3.8) is 0 Å². The summed E-state index contributed by atoms with van der Waals surface area (Å²) in [6, 6.07) is 5.90. The molecule has 0 saturated carbocycles. The lowest BCUT2D eigenvalue weighted by atomic mass is 10.1. The van der Waals surface area contributed by atoms with Crippen molar-refractivity contribution in [1.82, 2.24) is 0 Å². The molecule has 0 aliphatic carbocycles. The van der Waals surface area contributed by atoms with Crippen LogP contribution >= 0.6 is 28.3 Å². The molecule has 0 saturated heterocycles. The number of rotatable bonds is 3. The molecule has 1 atom stereocenters. The second-order valence-corrected chi connectivity index (χ2v) is 3.73. The summed E-state index contributed by atoms with van der Waals surface area (Å²) < 4.78 is 6.46. The molecular weight excluding hydrogens is 265 g/mol. The third-order valence-electron chi connectivity index (χ3n) is 1.78. The molecule has 1 rings (SSSR count). The third kappa shape index (κ3) is 3.15. The van der Waals surface area contributed by atoms with E-state index in [-0.39, 0.29) is 18.4 Å². The molecule has 0 heterocycles. The van der Waals surface area contributed by atoms with Gasteiger partial charge in [-0.25, -0.2) is 0 Å². The summed E-state index contributed by atoms with van der Waals surface area (Å²) >= 11 is 3.44. The summed E-state index contributed by atoms with van der Waals surface area (Å²) in [6.45, 7) is 4.57. The molecule has 2 nitrogen and oxygen atoms in total. The molecule has 0 radical (unpaired) electrons. The van der Waals surface area contributed by atoms with Gasteiger partial charge < -0.3 is 10.5 Å². The minimum atomic E-state index is -0.000880. The molecule has 1 aromatic carbocycles. The summed E-state index contributed by atoms with van der Waals surface area (Å²) in [6.07, 6.45) is 0. The SMILES string of the molecule is CCOc1c(Br)cccc1C(C)N.Cl. The highest BCUT2D eigenvalue weighted by Crippen LogP contribution is 2.31. The van der Waals surface area contributed by atoms with E-state index in [0.29, 0.717) is 6.61 Å². The van der Waals surface area contributed by atoms with Gasteiger partial charge in [0.15, 0.2) is 0 Å². The normalized spacial score (nSPS) is 11.7. The van der Waals surface area contributed by atoms with Crippen molar-refractivity contribution in [3.05, 3.63) is 28.2 Å². The number of hydrogen-bond donors (Lipinski definition) is 1. The lowest BCUT2D eigenvalue weighted by Crippen LogP contribution is -2.08. The minimum absolute atomic E-state index is 0. The Hall–Kier alpha value is -0.250. The van der Waals surface area contributed by atoms with Crippen molar-refractivity contribution >= 4 is 28.3 Å². The van der Waals surface area contributed by atoms with Crippen LogP contribution in [0.2, 0.25) is 0 Å². The molecule has 1 aromatic rings. The second-order valence-electron chi connectivity index (χ2n) is 2.88. The predicted molar refractivity (Wildman–Crippen MR) is 65.2 cm³/mol. The molecule has 2 N–H and O–H groups in total. The fourth-order valence-corrected chi connectivity index (χ4v) is 1.68. The summed E-state index contributed by atoms with van der Waals surface area (Å²) in [7, 11) is 0. The lowest BCUT2D eigenvalue weighted by molar-refractivity contribution is 0.332. The van der Waals surface area contributed by atoms with E-state index in [1.54, 1.807) is 0 Å². The Bertz CT molecular complexity index is 291. The number of hydrogen-bond acceptors (Lipinski definition) is 2. The zero-order chi connectivity index (χ0) is 9.84. The standard InChI is InChI=1S/C10H14BrNO.ClH/c1-3-13-10-8(7(2)12)5-4-6-9(10)11;/h4-7H,3,12H2,1-2H3;1H. The molecule has 0 aromatic heterocycles. The maximum atomic E-state index is 5.81. The highest BCUT2D eigenvalue weighted by Gasteiger charge is 2.10. The van der Waals surface area contributed by atoms with Crippen LogP contribution in [0.25, 0.3) is 0 Å². The molecule has 0 aliphatic rings. The van der Waals surface area contributed by atoms with Crippen LogP contribution in [0.3, 0.4) is 0 Å². The Morgan fingerprint density at radius 2 is 2.14 bits per heavy atom. The monoisotopic (exact) mass is 279 g/mol. The van der Waals surface area contributed by atoms with Crippen LogP contribution in [0.5, 0.6) is 5.75 Å². The third-order valence-corrected chi connectivity index (χ3v) is 2.40. The number of para-hydroxylation sites is 1. The average molecular weight is 281 g/mol. The zero-order valence-corrected chi connectivity index (χ0v) is 10.7. The van der Waals surface area contributed by atoms with Gasteiger partial charge in [-0.1, -0.05) is 12.1 Å². The van der Waals surface area contributed by atoms with E-state index in [0.717, 1.165) is 15.8 Å². The maximum absolute atomic E-state index is 5.81. The number of halogens is 2. The predicted octanol–water partition coefficient (Wildman–Crippen LogP) is 3.29. The Balaban J connectivity index is 0.00000169. The lowest BCUT2D eigenvalue weighted by Gasteiger charge is -2.14. The van der Waals surface area contributed by atoms with E-state index in [1.165, 1.54) is 0 Å². The van der Waals surface area contributed by atoms with Crippen LogP contribution in [0.4, 0.5) is 0 Å². The van der Waals surface area contributed by atoms with Crippen molar-refractivity contribution < 1.29 is 4.74 Å². The molecule has 0 fully saturated rings. The van der Waals surface area contributed by atoms with Crippen LogP contribution in [-0.2, 0) is 0 Å². The van der Waals surface area contributed by atoms with E-state index in [4.69, 9.17) is 10.5 Å². The van der Waals surface area contributed by atoms with Gasteiger partial charge in [0.1, 0.15) is 5.75 Å². The molecule has 0 amide bonds. The zero-order valence-electron chi connectivity index (χ0n) is 8.29.